The van der Waals surface area contributed by atoms with E-state index in [4.69, 9.17) is 18.5 Å². The fourth-order valence-electron chi connectivity index (χ4n) is 7.14. The van der Waals surface area contributed by atoms with Gasteiger partial charge in [0.1, 0.15) is 42.7 Å². The minimum absolute atomic E-state index is 0.0858. The molecule has 0 aliphatic heterocycles. The predicted octanol–water partition coefficient (Wildman–Crippen LogP) is 9.87. The van der Waals surface area contributed by atoms with Gasteiger partial charge in [-0.25, -0.2) is 4.57 Å². The largest absolute Gasteiger partial charge is 0.472 e. The summed E-state index contributed by atoms with van der Waals surface area (Å²) in [5.74, 6) is -0.492. The Morgan fingerprint density at radius 2 is 0.933 bits per heavy atom. The number of rotatable bonds is 40. The van der Waals surface area contributed by atoms with Gasteiger partial charge in [-0.3, -0.25) is 13.8 Å². The molecule has 1 saturated carbocycles. The second-order valence-corrected chi connectivity index (χ2v) is 18.0. The van der Waals surface area contributed by atoms with Crippen LogP contribution >= 0.6 is 7.82 Å². The molecule has 352 valence electrons. The number of hydrogen-bond donors (Lipinski definition) is 6. The summed E-state index contributed by atoms with van der Waals surface area (Å²) in [5, 5.41) is 50.2. The zero-order valence-electron chi connectivity index (χ0n) is 37.5. The molecule has 6 atom stereocenters. The number of unbranched alkanes of at least 4 members (excludes halogenated alkanes) is 22. The van der Waals surface area contributed by atoms with Gasteiger partial charge in [0.05, 0.1) is 13.2 Å². The van der Waals surface area contributed by atoms with Crippen molar-refractivity contribution in [1.82, 2.24) is 0 Å². The summed E-state index contributed by atoms with van der Waals surface area (Å²) in [7, 11) is -5.02. The summed E-state index contributed by atoms with van der Waals surface area (Å²) in [4.78, 5) is 23.2. The molecule has 60 heavy (non-hydrogen) atoms. The average Bonchev–Trinajstić information content (AvgIpc) is 3.23. The Morgan fingerprint density at radius 1 is 0.533 bits per heavy atom. The molecule has 1 rings (SSSR count). The summed E-state index contributed by atoms with van der Waals surface area (Å²) in [6.07, 6.45) is 32.1. The van der Waals surface area contributed by atoms with Crippen molar-refractivity contribution in [1.29, 1.82) is 0 Å². The van der Waals surface area contributed by atoms with Gasteiger partial charge in [0.2, 0.25) is 0 Å². The molecule has 0 aromatic heterocycles. The van der Waals surface area contributed by atoms with Crippen molar-refractivity contribution in [2.75, 3.05) is 19.8 Å². The number of allylic oxidation sites excluding steroid dienone is 6. The summed E-state index contributed by atoms with van der Waals surface area (Å²) in [6.45, 7) is 4.22. The molecule has 1 fully saturated rings. The quantitative estimate of drug-likeness (QED) is 0.0148. The summed E-state index contributed by atoms with van der Waals surface area (Å²) in [6, 6.07) is 0. The zero-order valence-corrected chi connectivity index (χ0v) is 38.4. The monoisotopic (exact) mass is 875 g/mol. The number of aliphatic hydroxyl groups is 5. The van der Waals surface area contributed by atoms with Crippen LogP contribution in [0.4, 0.5) is 0 Å². The molecule has 0 spiro atoms. The van der Waals surface area contributed by atoms with Gasteiger partial charge in [0, 0.05) is 13.0 Å². The number of aliphatic hydroxyl groups excluding tert-OH is 5. The van der Waals surface area contributed by atoms with E-state index in [-0.39, 0.29) is 13.0 Å². The SMILES string of the molecule is CCCCCC/C=C\C/C=C\CCCCCCCC(=O)OC(COCCCCCCCC/C=C\CCCCCCCCC)COP(=O)(O)OC1C(O)C(O)C(O)C(O)C1O. The van der Waals surface area contributed by atoms with Gasteiger partial charge in [0.25, 0.3) is 0 Å². The lowest BCUT2D eigenvalue weighted by atomic mass is 9.85. The van der Waals surface area contributed by atoms with E-state index in [1.165, 1.54) is 89.9 Å². The van der Waals surface area contributed by atoms with Crippen molar-refractivity contribution in [3.63, 3.8) is 0 Å². The van der Waals surface area contributed by atoms with E-state index in [1.807, 2.05) is 0 Å². The first-order valence-electron chi connectivity index (χ1n) is 23.8. The Balaban J connectivity index is 2.40. The normalized spacial score (nSPS) is 22.6. The molecule has 6 N–H and O–H groups in total. The summed E-state index contributed by atoms with van der Waals surface area (Å²) < 4.78 is 34.2. The van der Waals surface area contributed by atoms with Crippen LogP contribution in [0.5, 0.6) is 0 Å². The summed E-state index contributed by atoms with van der Waals surface area (Å²) in [5.41, 5.74) is 0. The summed E-state index contributed by atoms with van der Waals surface area (Å²) >= 11 is 0. The molecule has 0 aromatic carbocycles. The van der Waals surface area contributed by atoms with E-state index >= 15 is 0 Å². The Bertz CT molecular complexity index is 1130. The molecule has 0 aromatic rings. The van der Waals surface area contributed by atoms with Gasteiger partial charge < -0.3 is 39.9 Å². The number of phosphoric ester groups is 1. The van der Waals surface area contributed by atoms with Gasteiger partial charge in [-0.1, -0.05) is 153 Å². The molecular weight excluding hydrogens is 787 g/mol. The van der Waals surface area contributed by atoms with Crippen LogP contribution < -0.4 is 0 Å². The first-order chi connectivity index (χ1) is 29.0. The first kappa shape index (κ1) is 56.6. The predicted molar refractivity (Wildman–Crippen MR) is 239 cm³/mol. The number of carbonyl (C=O) groups excluding carboxylic acids is 1. The molecule has 0 amide bonds. The smallest absolute Gasteiger partial charge is 0.457 e. The minimum atomic E-state index is -5.02. The van der Waals surface area contributed by atoms with Crippen LogP contribution in [0.25, 0.3) is 0 Å². The molecule has 6 unspecified atom stereocenters. The van der Waals surface area contributed by atoms with E-state index in [1.54, 1.807) is 0 Å². The molecule has 0 bridgehead atoms. The van der Waals surface area contributed by atoms with Gasteiger partial charge >= 0.3 is 13.8 Å². The third-order valence-corrected chi connectivity index (χ3v) is 12.0. The molecule has 1 aliphatic carbocycles. The van der Waals surface area contributed by atoms with Gasteiger partial charge in [-0.15, -0.1) is 0 Å². The number of ether oxygens (including phenoxy) is 2. The highest BCUT2D eigenvalue weighted by molar-refractivity contribution is 7.47. The van der Waals surface area contributed by atoms with Crippen LogP contribution in [-0.2, 0) is 27.9 Å². The van der Waals surface area contributed by atoms with Gasteiger partial charge in [-0.05, 0) is 70.6 Å². The van der Waals surface area contributed by atoms with E-state index in [2.05, 4.69) is 50.3 Å². The van der Waals surface area contributed by atoms with Crippen LogP contribution in [0.1, 0.15) is 194 Å². The van der Waals surface area contributed by atoms with Crippen LogP contribution in [0, 0.1) is 0 Å². The first-order valence-corrected chi connectivity index (χ1v) is 25.3. The Morgan fingerprint density at radius 3 is 1.43 bits per heavy atom. The van der Waals surface area contributed by atoms with Crippen molar-refractivity contribution in [2.24, 2.45) is 0 Å². The van der Waals surface area contributed by atoms with E-state index in [0.29, 0.717) is 13.0 Å². The van der Waals surface area contributed by atoms with Crippen LogP contribution in [0.2, 0.25) is 0 Å². The highest BCUT2D eigenvalue weighted by Crippen LogP contribution is 2.47. The zero-order chi connectivity index (χ0) is 44.1. The number of esters is 1. The topological polar surface area (TPSA) is 192 Å². The van der Waals surface area contributed by atoms with Crippen molar-refractivity contribution in [2.45, 2.75) is 236 Å². The molecule has 12 nitrogen and oxygen atoms in total. The lowest BCUT2D eigenvalue weighted by molar-refractivity contribution is -0.220. The van der Waals surface area contributed by atoms with Crippen LogP contribution in [0.15, 0.2) is 36.5 Å². The lowest BCUT2D eigenvalue weighted by Gasteiger charge is -2.41. The molecule has 0 saturated heterocycles. The maximum Gasteiger partial charge on any atom is 0.472 e. The van der Waals surface area contributed by atoms with E-state index in [9.17, 15) is 39.8 Å². The third-order valence-electron chi connectivity index (χ3n) is 11.0. The second kappa shape index (κ2) is 38.1. The van der Waals surface area contributed by atoms with Crippen molar-refractivity contribution in [3.8, 4) is 0 Å². The highest BCUT2D eigenvalue weighted by atomic mass is 31.2. The van der Waals surface area contributed by atoms with Crippen molar-refractivity contribution >= 4 is 13.8 Å². The molecule has 0 radical (unpaired) electrons. The van der Waals surface area contributed by atoms with Crippen LogP contribution in [0.3, 0.4) is 0 Å². The van der Waals surface area contributed by atoms with E-state index < -0.39 is 63.1 Å². The molecule has 1 aliphatic rings. The minimum Gasteiger partial charge on any atom is -0.457 e. The van der Waals surface area contributed by atoms with E-state index in [0.717, 1.165) is 77.0 Å². The van der Waals surface area contributed by atoms with Crippen molar-refractivity contribution in [3.05, 3.63) is 36.5 Å². The third kappa shape index (κ3) is 29.8. The fraction of sp³-hybridized carbons (Fsp3) is 0.851. The number of hydrogen-bond acceptors (Lipinski definition) is 11. The fourth-order valence-corrected chi connectivity index (χ4v) is 8.12. The highest BCUT2D eigenvalue weighted by Gasteiger charge is 2.51. The number of carbonyl (C=O) groups is 1. The molecule has 0 heterocycles. The second-order valence-electron chi connectivity index (χ2n) is 16.6. The molecular formula is C47H87O12P. The standard InChI is InChI=1S/C47H87O12P/c1-3-5-7-9-11-13-15-17-19-21-23-25-27-29-31-33-35-37-56-38-40(39-57-60(54,55)59-47-45(52)43(50)42(49)44(51)46(47)53)58-41(48)36-34-32-30-28-26-24-22-20-18-16-14-12-10-8-6-4-2/h14,16,19-22,40,42-47,49-53H,3-13,15,17-18,23-39H2,1-2H3,(H,54,55)/b16-14-,21-19-,22-20-. The number of phosphoric acid groups is 1. The average molecular weight is 875 g/mol. The Kier molecular flexibility index (Phi) is 35.9. The van der Waals surface area contributed by atoms with Gasteiger partial charge in [-0.2, -0.15) is 0 Å². The Labute approximate surface area is 363 Å². The Hall–Kier alpha value is -1.44. The molecule has 13 heteroatoms. The lowest BCUT2D eigenvalue weighted by Crippen LogP contribution is -2.64. The van der Waals surface area contributed by atoms with Gasteiger partial charge in [0.15, 0.2) is 0 Å². The van der Waals surface area contributed by atoms with Crippen molar-refractivity contribution < 1.29 is 58.3 Å². The maximum atomic E-state index is 12.8. The van der Waals surface area contributed by atoms with Crippen LogP contribution in [-0.4, -0.2) is 98.9 Å². The maximum absolute atomic E-state index is 12.8.